The van der Waals surface area contributed by atoms with E-state index < -0.39 is 6.10 Å². The van der Waals surface area contributed by atoms with E-state index in [1.54, 1.807) is 12.1 Å². The third-order valence-corrected chi connectivity index (χ3v) is 4.95. The first-order valence-electron chi connectivity index (χ1n) is 7.92. The van der Waals surface area contributed by atoms with Crippen molar-refractivity contribution in [3.63, 3.8) is 0 Å². The zero-order valence-corrected chi connectivity index (χ0v) is 14.2. The van der Waals surface area contributed by atoms with Crippen LogP contribution in [0.1, 0.15) is 0 Å². The van der Waals surface area contributed by atoms with Gasteiger partial charge in [-0.25, -0.2) is 0 Å². The first-order valence-corrected chi connectivity index (χ1v) is 8.74. The lowest BCUT2D eigenvalue weighted by molar-refractivity contribution is -0.127. The molecule has 2 heterocycles. The molecule has 25 heavy (non-hydrogen) atoms. The lowest BCUT2D eigenvalue weighted by Gasteiger charge is -2.23. The van der Waals surface area contributed by atoms with Crippen molar-refractivity contribution in [2.24, 2.45) is 4.99 Å². The minimum absolute atomic E-state index is 0.158. The van der Waals surface area contributed by atoms with Crippen LogP contribution in [0.4, 0.5) is 0 Å². The first kappa shape index (κ1) is 15.7. The van der Waals surface area contributed by atoms with Crippen LogP contribution in [0.15, 0.2) is 66.2 Å². The largest absolute Gasteiger partial charge is 0.485 e. The number of aromatic nitrogens is 1. The molecule has 6 heteroatoms. The number of allylic oxidation sites excluding steroid dienone is 1. The minimum atomic E-state index is -0.739. The third-order valence-electron chi connectivity index (χ3n) is 3.89. The molecule has 0 saturated heterocycles. The molecule has 126 valence electrons. The highest BCUT2D eigenvalue weighted by molar-refractivity contribution is 7.16. The summed E-state index contributed by atoms with van der Waals surface area (Å²) in [5.74, 6) is 0.867. The van der Waals surface area contributed by atoms with Gasteiger partial charge in [-0.05, 0) is 24.3 Å². The zero-order chi connectivity index (χ0) is 17.2. The lowest BCUT2D eigenvalue weighted by atomic mass is 10.2. The number of carbonyl (C=O) groups is 1. The molecule has 0 spiro atoms. The Hall–Kier alpha value is -2.86. The zero-order valence-electron chi connectivity index (χ0n) is 13.4. The molecule has 1 aliphatic heterocycles. The van der Waals surface area contributed by atoms with E-state index in [9.17, 15) is 4.79 Å². The van der Waals surface area contributed by atoms with Crippen molar-refractivity contribution in [1.29, 1.82) is 0 Å². The van der Waals surface area contributed by atoms with E-state index in [0.717, 1.165) is 10.2 Å². The van der Waals surface area contributed by atoms with Crippen LogP contribution in [0, 0.1) is 0 Å². The Labute approximate surface area is 148 Å². The van der Waals surface area contributed by atoms with Gasteiger partial charge in [-0.3, -0.25) is 4.79 Å². The van der Waals surface area contributed by atoms with Crippen LogP contribution in [-0.2, 0) is 11.3 Å². The fourth-order valence-electron chi connectivity index (χ4n) is 2.72. The Bertz CT molecular complexity index is 1020. The summed E-state index contributed by atoms with van der Waals surface area (Å²) in [5, 5.41) is 0. The second-order valence-electron chi connectivity index (χ2n) is 5.57. The van der Waals surface area contributed by atoms with Crippen LogP contribution in [0.25, 0.3) is 10.2 Å². The summed E-state index contributed by atoms with van der Waals surface area (Å²) in [4.78, 5) is 17.5. The Balaban J connectivity index is 1.69. The first-order chi connectivity index (χ1) is 12.3. The van der Waals surface area contributed by atoms with E-state index in [-0.39, 0.29) is 12.5 Å². The second-order valence-corrected chi connectivity index (χ2v) is 6.58. The molecule has 1 atom stereocenters. The summed E-state index contributed by atoms with van der Waals surface area (Å²) in [7, 11) is 0. The number of nitrogens with zero attached hydrogens (tertiary/aromatic N) is 2. The molecule has 2 aromatic carbocycles. The van der Waals surface area contributed by atoms with Crippen LogP contribution >= 0.6 is 11.3 Å². The van der Waals surface area contributed by atoms with E-state index in [0.29, 0.717) is 22.8 Å². The van der Waals surface area contributed by atoms with Gasteiger partial charge in [0, 0.05) is 6.54 Å². The number of ether oxygens (including phenoxy) is 2. The Morgan fingerprint density at radius 2 is 2.00 bits per heavy atom. The SMILES string of the molecule is C=CCn1c(=NC(=O)[C@@H]2COc3ccccc3O2)sc2ccccc21. The van der Waals surface area contributed by atoms with Gasteiger partial charge in [0.15, 0.2) is 16.3 Å². The highest BCUT2D eigenvalue weighted by Gasteiger charge is 2.27. The molecule has 1 aliphatic rings. The summed E-state index contributed by atoms with van der Waals surface area (Å²) in [6.45, 7) is 4.53. The molecule has 4 rings (SSSR count). The van der Waals surface area contributed by atoms with E-state index in [4.69, 9.17) is 9.47 Å². The van der Waals surface area contributed by atoms with Gasteiger partial charge in [0.25, 0.3) is 5.91 Å². The standard InChI is InChI=1S/C19H16N2O3S/c1-2-11-21-13-7-3-6-10-17(13)25-19(21)20-18(22)16-12-23-14-8-4-5-9-15(14)24-16/h2-10,16H,1,11-12H2/t16-/m0/s1. The molecule has 0 N–H and O–H groups in total. The van der Waals surface area contributed by atoms with Gasteiger partial charge in [-0.2, -0.15) is 4.99 Å². The predicted molar refractivity (Wildman–Crippen MR) is 96.9 cm³/mol. The normalized spacial score (nSPS) is 16.8. The molecule has 0 saturated carbocycles. The number of para-hydroxylation sites is 3. The molecule has 0 radical (unpaired) electrons. The number of amides is 1. The summed E-state index contributed by atoms with van der Waals surface area (Å²) in [5.41, 5.74) is 1.03. The van der Waals surface area contributed by atoms with Gasteiger partial charge >= 0.3 is 0 Å². The smallest absolute Gasteiger partial charge is 0.292 e. The highest BCUT2D eigenvalue weighted by Crippen LogP contribution is 2.31. The topological polar surface area (TPSA) is 52.8 Å². The van der Waals surface area contributed by atoms with Crippen LogP contribution in [-0.4, -0.2) is 23.2 Å². The number of benzene rings is 2. The van der Waals surface area contributed by atoms with E-state index in [2.05, 4.69) is 11.6 Å². The van der Waals surface area contributed by atoms with Crippen LogP contribution < -0.4 is 14.3 Å². The summed E-state index contributed by atoms with van der Waals surface area (Å²) < 4.78 is 14.4. The van der Waals surface area contributed by atoms with Gasteiger partial charge in [-0.1, -0.05) is 41.7 Å². The second kappa shape index (κ2) is 6.57. The van der Waals surface area contributed by atoms with Crippen LogP contribution in [0.2, 0.25) is 0 Å². The van der Waals surface area contributed by atoms with E-state index >= 15 is 0 Å². The number of hydrogen-bond donors (Lipinski definition) is 0. The van der Waals surface area contributed by atoms with Crippen molar-refractivity contribution in [2.45, 2.75) is 12.6 Å². The monoisotopic (exact) mass is 352 g/mol. The Kier molecular flexibility index (Phi) is 4.11. The van der Waals surface area contributed by atoms with Crippen LogP contribution in [0.3, 0.4) is 0 Å². The van der Waals surface area contributed by atoms with Gasteiger partial charge in [-0.15, -0.1) is 6.58 Å². The minimum Gasteiger partial charge on any atom is -0.485 e. The van der Waals surface area contributed by atoms with Gasteiger partial charge in [0.05, 0.1) is 10.2 Å². The van der Waals surface area contributed by atoms with Gasteiger partial charge in [0.2, 0.25) is 6.10 Å². The molecule has 0 aliphatic carbocycles. The van der Waals surface area contributed by atoms with Gasteiger partial charge < -0.3 is 14.0 Å². The van der Waals surface area contributed by atoms with Crippen molar-refractivity contribution in [3.05, 3.63) is 66.0 Å². The van der Waals surface area contributed by atoms with Crippen molar-refractivity contribution in [1.82, 2.24) is 4.57 Å². The number of thiazole rings is 1. The average molecular weight is 352 g/mol. The molecule has 1 amide bonds. The summed E-state index contributed by atoms with van der Waals surface area (Å²) in [6, 6.07) is 15.3. The highest BCUT2D eigenvalue weighted by atomic mass is 32.1. The van der Waals surface area contributed by atoms with Crippen molar-refractivity contribution in [3.8, 4) is 11.5 Å². The molecule has 0 unspecified atom stereocenters. The lowest BCUT2D eigenvalue weighted by Crippen LogP contribution is -2.36. The maximum absolute atomic E-state index is 12.6. The maximum atomic E-state index is 12.6. The molecule has 5 nitrogen and oxygen atoms in total. The van der Waals surface area contributed by atoms with E-state index in [1.165, 1.54) is 11.3 Å². The number of hydrogen-bond acceptors (Lipinski definition) is 4. The molecule has 3 aromatic rings. The number of fused-ring (bicyclic) bond motifs is 2. The fraction of sp³-hybridized carbons (Fsp3) is 0.158. The van der Waals surface area contributed by atoms with Crippen molar-refractivity contribution < 1.29 is 14.3 Å². The quantitative estimate of drug-likeness (QED) is 0.681. The molecular formula is C19H16N2O3S. The van der Waals surface area contributed by atoms with Crippen LogP contribution in [0.5, 0.6) is 11.5 Å². The third kappa shape index (κ3) is 2.96. The fourth-order valence-corrected chi connectivity index (χ4v) is 3.76. The Morgan fingerprint density at radius 1 is 1.24 bits per heavy atom. The summed E-state index contributed by atoms with van der Waals surface area (Å²) >= 11 is 1.47. The van der Waals surface area contributed by atoms with E-state index in [1.807, 2.05) is 47.0 Å². The number of rotatable bonds is 3. The molecule has 0 bridgehead atoms. The summed E-state index contributed by atoms with van der Waals surface area (Å²) in [6.07, 6.45) is 1.05. The maximum Gasteiger partial charge on any atom is 0.292 e. The van der Waals surface area contributed by atoms with Crippen molar-refractivity contribution in [2.75, 3.05) is 6.61 Å². The molecule has 0 fully saturated rings. The number of carbonyl (C=O) groups excluding carboxylic acids is 1. The predicted octanol–water partition coefficient (Wildman–Crippen LogP) is 3.16. The van der Waals surface area contributed by atoms with Gasteiger partial charge in [0.1, 0.15) is 6.61 Å². The molecule has 1 aromatic heterocycles. The average Bonchev–Trinajstić information content (AvgIpc) is 2.99. The Morgan fingerprint density at radius 3 is 2.84 bits per heavy atom. The molecular weight excluding hydrogens is 336 g/mol. The van der Waals surface area contributed by atoms with Crippen molar-refractivity contribution >= 4 is 27.5 Å².